The zero-order chi connectivity index (χ0) is 18.0. The summed E-state index contributed by atoms with van der Waals surface area (Å²) >= 11 is 4.13. The van der Waals surface area contributed by atoms with Crippen molar-refractivity contribution in [3.63, 3.8) is 0 Å². The maximum absolute atomic E-state index is 12.6. The Morgan fingerprint density at radius 2 is 2.08 bits per heavy atom. The van der Waals surface area contributed by atoms with Gasteiger partial charge in [-0.25, -0.2) is 13.4 Å². The monoisotopic (exact) mass is 446 g/mol. The zero-order valence-corrected chi connectivity index (χ0v) is 16.2. The van der Waals surface area contributed by atoms with Crippen molar-refractivity contribution >= 4 is 48.1 Å². The number of thiazole rings is 1. The van der Waals surface area contributed by atoms with Gasteiger partial charge in [-0.1, -0.05) is 11.3 Å². The van der Waals surface area contributed by atoms with Gasteiger partial charge in [-0.05, 0) is 47.0 Å². The molecule has 2 N–H and O–H groups in total. The van der Waals surface area contributed by atoms with Crippen LogP contribution in [-0.4, -0.2) is 42.9 Å². The quantitative estimate of drug-likeness (QED) is 0.747. The minimum atomic E-state index is -3.47. The molecule has 0 spiro atoms. The molecule has 1 aromatic carbocycles. The smallest absolute Gasteiger partial charge is 0.258 e. The number of rotatable bonds is 4. The molecule has 0 bridgehead atoms. The number of phenols is 1. The summed E-state index contributed by atoms with van der Waals surface area (Å²) in [5.74, 6) is -0.418. The fourth-order valence-electron chi connectivity index (χ4n) is 2.45. The van der Waals surface area contributed by atoms with Crippen LogP contribution in [0.3, 0.4) is 0 Å². The van der Waals surface area contributed by atoms with Crippen molar-refractivity contribution in [3.8, 4) is 5.75 Å². The summed E-state index contributed by atoms with van der Waals surface area (Å²) in [5.41, 5.74) is 0.307. The summed E-state index contributed by atoms with van der Waals surface area (Å²) in [7, 11) is -3.47. The highest BCUT2D eigenvalue weighted by atomic mass is 79.9. The van der Waals surface area contributed by atoms with Crippen LogP contribution in [0.25, 0.3) is 0 Å². The van der Waals surface area contributed by atoms with E-state index in [1.54, 1.807) is 0 Å². The fourth-order valence-corrected chi connectivity index (χ4v) is 5.99. The van der Waals surface area contributed by atoms with Gasteiger partial charge < -0.3 is 9.84 Å². The Morgan fingerprint density at radius 1 is 1.36 bits per heavy atom. The van der Waals surface area contributed by atoms with Gasteiger partial charge in [-0.15, -0.1) is 0 Å². The van der Waals surface area contributed by atoms with Gasteiger partial charge in [0, 0.05) is 17.7 Å². The lowest BCUT2D eigenvalue weighted by Crippen LogP contribution is -2.28. The number of hydrogen-bond acceptors (Lipinski definition) is 7. The van der Waals surface area contributed by atoms with Crippen molar-refractivity contribution in [2.24, 2.45) is 0 Å². The number of carbonyl (C=O) groups is 1. The highest BCUT2D eigenvalue weighted by Crippen LogP contribution is 2.30. The maximum Gasteiger partial charge on any atom is 0.258 e. The van der Waals surface area contributed by atoms with Gasteiger partial charge in [-0.2, -0.15) is 0 Å². The first kappa shape index (κ1) is 18.3. The predicted molar refractivity (Wildman–Crippen MR) is 96.9 cm³/mol. The van der Waals surface area contributed by atoms with Gasteiger partial charge in [-0.3, -0.25) is 10.1 Å². The molecular formula is C15H15BrN2O5S2. The molecule has 10 heteroatoms. The van der Waals surface area contributed by atoms with Gasteiger partial charge in [0.05, 0.1) is 17.0 Å². The number of carbonyl (C=O) groups excluding carboxylic acids is 1. The lowest BCUT2D eigenvalue weighted by molar-refractivity contribution is 0.0984. The van der Waals surface area contributed by atoms with Crippen LogP contribution in [0.5, 0.6) is 5.75 Å². The molecule has 2 aromatic rings. The number of sulfone groups is 1. The number of halogens is 1. The standard InChI is InChI=1S/C15H15BrN2O5S2/c16-12-7-9(19)1-2-11(12)14(20)18-15-17-8-13(24-15)25(21,22)10-3-5-23-6-4-10/h1-2,7-8,10,19H,3-6H2,(H,17,18,20). The molecule has 0 atom stereocenters. The van der Waals surface area contributed by atoms with E-state index in [1.165, 1.54) is 24.4 Å². The second-order valence-corrected chi connectivity index (χ2v) is 9.80. The molecule has 2 heterocycles. The maximum atomic E-state index is 12.6. The van der Waals surface area contributed by atoms with Crippen molar-refractivity contribution in [3.05, 3.63) is 34.4 Å². The Hall–Kier alpha value is -1.49. The van der Waals surface area contributed by atoms with Crippen LogP contribution in [0, 0.1) is 0 Å². The van der Waals surface area contributed by atoms with E-state index in [2.05, 4.69) is 26.2 Å². The third-order valence-corrected chi connectivity index (χ3v) is 8.12. The van der Waals surface area contributed by atoms with Gasteiger partial charge in [0.1, 0.15) is 9.96 Å². The molecule has 0 radical (unpaired) electrons. The minimum absolute atomic E-state index is 0.0301. The molecule has 25 heavy (non-hydrogen) atoms. The van der Waals surface area contributed by atoms with Gasteiger partial charge in [0.15, 0.2) is 15.0 Å². The Labute approximate surface area is 157 Å². The van der Waals surface area contributed by atoms with Gasteiger partial charge in [0.2, 0.25) is 0 Å². The second-order valence-electron chi connectivity index (χ2n) is 5.46. The fraction of sp³-hybridized carbons (Fsp3) is 0.333. The average Bonchev–Trinajstić information content (AvgIpc) is 3.05. The first-order valence-electron chi connectivity index (χ1n) is 7.45. The van der Waals surface area contributed by atoms with E-state index in [-0.39, 0.29) is 15.1 Å². The van der Waals surface area contributed by atoms with Crippen LogP contribution in [0.2, 0.25) is 0 Å². The number of aromatic hydroxyl groups is 1. The largest absolute Gasteiger partial charge is 0.508 e. The van der Waals surface area contributed by atoms with E-state index in [0.29, 0.717) is 36.1 Å². The molecule has 1 amide bonds. The van der Waals surface area contributed by atoms with Crippen molar-refractivity contribution in [1.29, 1.82) is 0 Å². The van der Waals surface area contributed by atoms with Gasteiger partial charge in [0.25, 0.3) is 5.91 Å². The van der Waals surface area contributed by atoms with Crippen molar-refractivity contribution < 1.29 is 23.1 Å². The Morgan fingerprint density at radius 3 is 2.76 bits per heavy atom. The Bertz CT molecular complexity index is 891. The van der Waals surface area contributed by atoms with Crippen molar-refractivity contribution in [2.45, 2.75) is 22.3 Å². The highest BCUT2D eigenvalue weighted by molar-refractivity contribution is 9.10. The molecule has 0 saturated carbocycles. The number of amides is 1. The molecule has 1 aromatic heterocycles. The van der Waals surface area contributed by atoms with Crippen LogP contribution in [0.15, 0.2) is 33.1 Å². The Kier molecular flexibility index (Phi) is 5.42. The third-order valence-electron chi connectivity index (χ3n) is 3.79. The Balaban J connectivity index is 1.76. The summed E-state index contributed by atoms with van der Waals surface area (Å²) < 4.78 is 31.0. The summed E-state index contributed by atoms with van der Waals surface area (Å²) in [6.45, 7) is 0.863. The molecule has 134 valence electrons. The number of anilines is 1. The number of hydrogen-bond donors (Lipinski definition) is 2. The van der Waals surface area contributed by atoms with Gasteiger partial charge >= 0.3 is 0 Å². The number of phenolic OH excluding ortho intramolecular Hbond substituents is 1. The number of ether oxygens (including phenoxy) is 1. The van der Waals surface area contributed by atoms with Crippen LogP contribution in [0.1, 0.15) is 23.2 Å². The van der Waals surface area contributed by atoms with E-state index >= 15 is 0 Å². The molecule has 1 saturated heterocycles. The van der Waals surface area contributed by atoms with E-state index in [4.69, 9.17) is 4.74 Å². The number of aromatic nitrogens is 1. The van der Waals surface area contributed by atoms with Crippen LogP contribution in [0.4, 0.5) is 5.13 Å². The summed E-state index contributed by atoms with van der Waals surface area (Å²) in [6, 6.07) is 4.25. The molecule has 0 aliphatic carbocycles. The number of benzene rings is 1. The topological polar surface area (TPSA) is 106 Å². The minimum Gasteiger partial charge on any atom is -0.508 e. The predicted octanol–water partition coefficient (Wildman–Crippen LogP) is 2.82. The molecular weight excluding hydrogens is 432 g/mol. The summed E-state index contributed by atoms with van der Waals surface area (Å²) in [4.78, 5) is 16.3. The van der Waals surface area contributed by atoms with E-state index < -0.39 is 21.0 Å². The molecule has 3 rings (SSSR count). The van der Waals surface area contributed by atoms with Crippen LogP contribution >= 0.6 is 27.3 Å². The average molecular weight is 447 g/mol. The van der Waals surface area contributed by atoms with E-state index in [9.17, 15) is 18.3 Å². The molecule has 0 unspecified atom stereocenters. The molecule has 1 fully saturated rings. The first-order valence-corrected chi connectivity index (χ1v) is 10.6. The number of nitrogens with one attached hydrogen (secondary N) is 1. The van der Waals surface area contributed by atoms with Crippen molar-refractivity contribution in [2.75, 3.05) is 18.5 Å². The lowest BCUT2D eigenvalue weighted by Gasteiger charge is -2.21. The lowest BCUT2D eigenvalue weighted by atomic mass is 10.2. The van der Waals surface area contributed by atoms with E-state index in [0.717, 1.165) is 11.3 Å². The third kappa shape index (κ3) is 4.02. The first-order chi connectivity index (χ1) is 11.9. The SMILES string of the molecule is O=C(Nc1ncc(S(=O)(=O)C2CCOCC2)s1)c1ccc(O)cc1Br. The van der Waals surface area contributed by atoms with Crippen LogP contribution < -0.4 is 5.32 Å². The van der Waals surface area contributed by atoms with Crippen molar-refractivity contribution in [1.82, 2.24) is 4.98 Å². The molecule has 7 nitrogen and oxygen atoms in total. The molecule has 1 aliphatic rings. The highest BCUT2D eigenvalue weighted by Gasteiger charge is 2.31. The summed E-state index contributed by atoms with van der Waals surface area (Å²) in [6.07, 6.45) is 2.20. The molecule has 1 aliphatic heterocycles. The van der Waals surface area contributed by atoms with Crippen LogP contribution in [-0.2, 0) is 14.6 Å². The van der Waals surface area contributed by atoms with E-state index in [1.807, 2.05) is 0 Å². The second kappa shape index (κ2) is 7.40. The summed E-state index contributed by atoms with van der Waals surface area (Å²) in [5, 5.41) is 11.7. The zero-order valence-electron chi connectivity index (χ0n) is 12.9. The normalized spacial score (nSPS) is 15.9. The number of nitrogens with zero attached hydrogens (tertiary/aromatic N) is 1.